The van der Waals surface area contributed by atoms with Gasteiger partial charge in [-0.25, -0.2) is 4.39 Å². The Bertz CT molecular complexity index is 445. The zero-order valence-corrected chi connectivity index (χ0v) is 13.4. The lowest BCUT2D eigenvalue weighted by Gasteiger charge is -2.08. The van der Waals surface area contributed by atoms with E-state index in [-0.39, 0.29) is 18.3 Å². The normalized spacial score (nSPS) is 10.4. The fourth-order valence-corrected chi connectivity index (χ4v) is 1.77. The fourth-order valence-electron chi connectivity index (χ4n) is 1.43. The van der Waals surface area contributed by atoms with Crippen LogP contribution in [0, 0.1) is 5.82 Å². The smallest absolute Gasteiger partial charge is 0.257 e. The van der Waals surface area contributed by atoms with E-state index in [9.17, 15) is 9.18 Å². The number of amides is 1. The second-order valence-corrected chi connectivity index (χ2v) is 5.09. The highest BCUT2D eigenvalue weighted by Crippen LogP contribution is 2.21. The van der Waals surface area contributed by atoms with Crippen molar-refractivity contribution in [3.8, 4) is 5.75 Å². The second kappa shape index (κ2) is 10.5. The molecule has 0 aliphatic carbocycles. The van der Waals surface area contributed by atoms with Crippen LogP contribution in [0.25, 0.3) is 0 Å². The first-order valence-corrected chi connectivity index (χ1v) is 7.34. The molecule has 0 radical (unpaired) electrons. The molecule has 1 aromatic carbocycles. The highest BCUT2D eigenvalue weighted by molar-refractivity contribution is 9.10. The second-order valence-electron chi connectivity index (χ2n) is 4.17. The van der Waals surface area contributed by atoms with Gasteiger partial charge in [0.25, 0.3) is 5.91 Å². The molecule has 5 nitrogen and oxygen atoms in total. The van der Waals surface area contributed by atoms with Crippen molar-refractivity contribution in [1.29, 1.82) is 0 Å². The van der Waals surface area contributed by atoms with Gasteiger partial charge in [0, 0.05) is 24.7 Å². The lowest BCUT2D eigenvalue weighted by Crippen LogP contribution is -2.30. The van der Waals surface area contributed by atoms with Gasteiger partial charge in [-0.3, -0.25) is 4.79 Å². The molecule has 0 aromatic heterocycles. The Morgan fingerprint density at radius 2 is 2.14 bits per heavy atom. The van der Waals surface area contributed by atoms with E-state index < -0.39 is 5.82 Å². The van der Waals surface area contributed by atoms with E-state index in [0.717, 1.165) is 0 Å². The van der Waals surface area contributed by atoms with Crippen molar-refractivity contribution in [3.63, 3.8) is 0 Å². The van der Waals surface area contributed by atoms with E-state index in [1.54, 1.807) is 13.2 Å². The van der Waals surface area contributed by atoms with Crippen molar-refractivity contribution < 1.29 is 23.4 Å². The van der Waals surface area contributed by atoms with Crippen LogP contribution in [0.3, 0.4) is 0 Å². The van der Waals surface area contributed by atoms with Crippen LogP contribution in [0.15, 0.2) is 22.7 Å². The quantitative estimate of drug-likeness (QED) is 0.647. The van der Waals surface area contributed by atoms with Crippen LogP contribution in [0.2, 0.25) is 0 Å². The maximum Gasteiger partial charge on any atom is 0.257 e. The van der Waals surface area contributed by atoms with Crippen LogP contribution in [-0.4, -0.2) is 46.0 Å². The van der Waals surface area contributed by atoms with Crippen LogP contribution in [0.4, 0.5) is 4.39 Å². The summed E-state index contributed by atoms with van der Waals surface area (Å²) in [5.74, 6) is -0.755. The van der Waals surface area contributed by atoms with Crippen LogP contribution in [0.5, 0.6) is 5.75 Å². The summed E-state index contributed by atoms with van der Waals surface area (Å²) >= 11 is 3.15. The summed E-state index contributed by atoms with van der Waals surface area (Å²) in [7, 11) is 1.61. The van der Waals surface area contributed by atoms with Gasteiger partial charge < -0.3 is 19.5 Å². The van der Waals surface area contributed by atoms with Crippen molar-refractivity contribution in [2.24, 2.45) is 0 Å². The molecule has 0 aliphatic rings. The number of hydrogen-bond donors (Lipinski definition) is 1. The predicted molar refractivity (Wildman–Crippen MR) is 79.9 cm³/mol. The van der Waals surface area contributed by atoms with Crippen molar-refractivity contribution >= 4 is 21.8 Å². The summed E-state index contributed by atoms with van der Waals surface area (Å²) in [4.78, 5) is 11.5. The molecule has 0 aliphatic heterocycles. The number of carbonyl (C=O) groups is 1. The van der Waals surface area contributed by atoms with Gasteiger partial charge in [-0.15, -0.1) is 0 Å². The van der Waals surface area contributed by atoms with Gasteiger partial charge >= 0.3 is 0 Å². The highest BCUT2D eigenvalue weighted by atomic mass is 79.9. The fraction of sp³-hybridized carbons (Fsp3) is 0.500. The molecule has 0 heterocycles. The van der Waals surface area contributed by atoms with Gasteiger partial charge in [0.1, 0.15) is 0 Å². The summed E-state index contributed by atoms with van der Waals surface area (Å²) in [5, 5.41) is 2.67. The van der Waals surface area contributed by atoms with E-state index >= 15 is 0 Å². The summed E-state index contributed by atoms with van der Waals surface area (Å²) < 4.78 is 29.2. The maximum atomic E-state index is 13.4. The minimum atomic E-state index is -0.510. The molecule has 21 heavy (non-hydrogen) atoms. The third-order valence-electron chi connectivity index (χ3n) is 2.47. The largest absolute Gasteiger partial charge is 0.481 e. The lowest BCUT2D eigenvalue weighted by molar-refractivity contribution is -0.123. The van der Waals surface area contributed by atoms with Gasteiger partial charge in [0.05, 0.1) is 13.2 Å². The third-order valence-corrected chi connectivity index (χ3v) is 2.97. The first-order valence-electron chi connectivity index (χ1n) is 6.54. The summed E-state index contributed by atoms with van der Waals surface area (Å²) in [5.41, 5.74) is 0. The molecule has 1 N–H and O–H groups in total. The molecule has 0 bridgehead atoms. The summed E-state index contributed by atoms with van der Waals surface area (Å²) in [6.45, 7) is 1.91. The van der Waals surface area contributed by atoms with Crippen molar-refractivity contribution in [1.82, 2.24) is 5.32 Å². The van der Waals surface area contributed by atoms with Gasteiger partial charge in [-0.1, -0.05) is 15.9 Å². The van der Waals surface area contributed by atoms with Crippen molar-refractivity contribution in [2.45, 2.75) is 6.42 Å². The van der Waals surface area contributed by atoms with Gasteiger partial charge in [0.2, 0.25) is 0 Å². The number of nitrogens with one attached hydrogen (secondary N) is 1. The topological polar surface area (TPSA) is 56.8 Å². The SMILES string of the molecule is COCCOCCCNC(=O)COc1ccc(Br)cc1F. The molecule has 1 amide bonds. The van der Waals surface area contributed by atoms with Crippen LogP contribution in [-0.2, 0) is 14.3 Å². The molecule has 0 spiro atoms. The molecule has 0 saturated carbocycles. The molecular weight excluding hydrogens is 345 g/mol. The molecule has 0 atom stereocenters. The molecule has 1 rings (SSSR count). The number of methoxy groups -OCH3 is 1. The molecule has 118 valence electrons. The average Bonchev–Trinajstić information content (AvgIpc) is 2.45. The van der Waals surface area contributed by atoms with Crippen LogP contribution < -0.4 is 10.1 Å². The molecule has 0 saturated heterocycles. The zero-order valence-electron chi connectivity index (χ0n) is 11.9. The molecule has 0 unspecified atom stereocenters. The van der Waals surface area contributed by atoms with Gasteiger partial charge in [0.15, 0.2) is 18.2 Å². The average molecular weight is 364 g/mol. The van der Waals surface area contributed by atoms with Crippen LogP contribution in [0.1, 0.15) is 6.42 Å². The number of rotatable bonds is 10. The Labute approximate surface area is 131 Å². The van der Waals surface area contributed by atoms with E-state index in [4.69, 9.17) is 14.2 Å². The third kappa shape index (κ3) is 7.99. The maximum absolute atomic E-state index is 13.4. The Kier molecular flexibility index (Phi) is 8.96. The van der Waals surface area contributed by atoms with E-state index in [2.05, 4.69) is 21.2 Å². The number of halogens is 2. The Morgan fingerprint density at radius 3 is 2.86 bits per heavy atom. The van der Waals surface area contributed by atoms with Crippen molar-refractivity contribution in [2.75, 3.05) is 40.1 Å². The minimum Gasteiger partial charge on any atom is -0.481 e. The summed E-state index contributed by atoms with van der Waals surface area (Å²) in [6.07, 6.45) is 0.697. The number of benzene rings is 1. The Morgan fingerprint density at radius 1 is 1.33 bits per heavy atom. The van der Waals surface area contributed by atoms with Crippen molar-refractivity contribution in [3.05, 3.63) is 28.5 Å². The molecule has 0 fully saturated rings. The highest BCUT2D eigenvalue weighted by Gasteiger charge is 2.07. The first-order chi connectivity index (χ1) is 10.1. The van der Waals surface area contributed by atoms with E-state index in [1.807, 2.05) is 0 Å². The first kappa shape index (κ1) is 17.9. The van der Waals surface area contributed by atoms with E-state index in [1.165, 1.54) is 12.1 Å². The lowest BCUT2D eigenvalue weighted by atomic mass is 10.3. The Balaban J connectivity index is 2.11. The standard InChI is InChI=1S/C14H19BrFNO4/c1-19-7-8-20-6-2-5-17-14(18)10-21-13-4-3-11(15)9-12(13)16/h3-4,9H,2,5-8,10H2,1H3,(H,17,18). The Hall–Kier alpha value is -1.18. The molecule has 7 heteroatoms. The minimum absolute atomic E-state index is 0.0521. The van der Waals surface area contributed by atoms with Crippen LogP contribution >= 0.6 is 15.9 Å². The van der Waals surface area contributed by atoms with E-state index in [0.29, 0.717) is 37.3 Å². The summed E-state index contributed by atoms with van der Waals surface area (Å²) in [6, 6.07) is 4.40. The van der Waals surface area contributed by atoms with Gasteiger partial charge in [-0.2, -0.15) is 0 Å². The number of hydrogen-bond acceptors (Lipinski definition) is 4. The number of ether oxygens (including phenoxy) is 3. The van der Waals surface area contributed by atoms with Gasteiger partial charge in [-0.05, 0) is 24.6 Å². The monoisotopic (exact) mass is 363 g/mol. The number of carbonyl (C=O) groups excluding carboxylic acids is 1. The zero-order chi connectivity index (χ0) is 15.5. The molecular formula is C14H19BrFNO4. The predicted octanol–water partition coefficient (Wildman–Crippen LogP) is 2.14. The molecule has 1 aromatic rings.